The summed E-state index contributed by atoms with van der Waals surface area (Å²) in [4.78, 5) is 18.2. The Balaban J connectivity index is 1.80. The summed E-state index contributed by atoms with van der Waals surface area (Å²) in [5, 5.41) is 5.51. The molecule has 0 aliphatic heterocycles. The van der Waals surface area contributed by atoms with E-state index in [0.717, 1.165) is 28.3 Å². The van der Waals surface area contributed by atoms with Crippen molar-refractivity contribution in [3.05, 3.63) is 22.4 Å². The Kier molecular flexibility index (Phi) is 3.05. The highest BCUT2D eigenvalue weighted by molar-refractivity contribution is 7.17. The van der Waals surface area contributed by atoms with Gasteiger partial charge in [-0.3, -0.25) is 4.79 Å². The summed E-state index contributed by atoms with van der Waals surface area (Å²) in [5.74, 6) is 0.0685. The number of nitrogens with two attached hydrogens (primary N) is 1. The third kappa shape index (κ3) is 2.54. The molecule has 1 saturated carbocycles. The first-order valence-electron chi connectivity index (χ1n) is 5.81. The first-order chi connectivity index (χ1) is 8.72. The first-order valence-corrected chi connectivity index (χ1v) is 7.50. The summed E-state index contributed by atoms with van der Waals surface area (Å²) in [6.07, 6.45) is 2.58. The molecule has 0 spiro atoms. The molecule has 0 radical (unpaired) electrons. The van der Waals surface area contributed by atoms with Crippen LogP contribution in [0.1, 0.15) is 17.7 Å². The molecule has 0 unspecified atom stereocenters. The quantitative estimate of drug-likeness (QED) is 0.902. The molecule has 3 N–H and O–H groups in total. The van der Waals surface area contributed by atoms with Crippen molar-refractivity contribution < 1.29 is 4.79 Å². The maximum atomic E-state index is 11.8. The van der Waals surface area contributed by atoms with Crippen LogP contribution < -0.4 is 11.1 Å². The molecule has 0 saturated heterocycles. The predicted octanol–water partition coefficient (Wildman–Crippen LogP) is 2.27. The lowest BCUT2D eigenvalue weighted by Crippen LogP contribution is -2.26. The van der Waals surface area contributed by atoms with E-state index in [9.17, 15) is 4.79 Å². The van der Waals surface area contributed by atoms with Crippen LogP contribution in [0.2, 0.25) is 0 Å². The van der Waals surface area contributed by atoms with Crippen molar-refractivity contribution in [3.63, 3.8) is 0 Å². The van der Waals surface area contributed by atoms with Crippen LogP contribution in [0.25, 0.3) is 10.6 Å². The van der Waals surface area contributed by atoms with Gasteiger partial charge in [-0.15, -0.1) is 22.7 Å². The Morgan fingerprint density at radius 1 is 1.56 bits per heavy atom. The van der Waals surface area contributed by atoms with Gasteiger partial charge in [0.05, 0.1) is 17.0 Å². The number of rotatable bonds is 4. The van der Waals surface area contributed by atoms with E-state index in [-0.39, 0.29) is 5.91 Å². The monoisotopic (exact) mass is 279 g/mol. The van der Waals surface area contributed by atoms with Crippen molar-refractivity contribution in [2.45, 2.75) is 25.3 Å². The van der Waals surface area contributed by atoms with E-state index < -0.39 is 0 Å². The number of nitrogen functional groups attached to an aromatic ring is 1. The lowest BCUT2D eigenvalue weighted by molar-refractivity contribution is -0.120. The molecule has 1 aliphatic rings. The molecule has 2 aromatic heterocycles. The fourth-order valence-electron chi connectivity index (χ4n) is 1.75. The fraction of sp³-hybridized carbons (Fsp3) is 0.333. The van der Waals surface area contributed by atoms with Crippen LogP contribution in [-0.4, -0.2) is 16.9 Å². The highest BCUT2D eigenvalue weighted by atomic mass is 32.1. The van der Waals surface area contributed by atoms with Gasteiger partial charge in [-0.25, -0.2) is 4.98 Å². The minimum atomic E-state index is 0.0685. The third-order valence-electron chi connectivity index (χ3n) is 2.73. The fourth-order valence-corrected chi connectivity index (χ4v) is 3.40. The average molecular weight is 279 g/mol. The van der Waals surface area contributed by atoms with Crippen LogP contribution in [-0.2, 0) is 11.2 Å². The lowest BCUT2D eigenvalue weighted by Gasteiger charge is -2.02. The smallest absolute Gasteiger partial charge is 0.225 e. The zero-order valence-corrected chi connectivity index (χ0v) is 11.3. The van der Waals surface area contributed by atoms with Crippen LogP contribution in [0.15, 0.2) is 17.5 Å². The van der Waals surface area contributed by atoms with Gasteiger partial charge in [-0.1, -0.05) is 6.07 Å². The van der Waals surface area contributed by atoms with Gasteiger partial charge in [0.15, 0.2) is 5.13 Å². The van der Waals surface area contributed by atoms with Gasteiger partial charge in [-0.2, -0.15) is 0 Å². The summed E-state index contributed by atoms with van der Waals surface area (Å²) in [7, 11) is 0. The van der Waals surface area contributed by atoms with E-state index in [1.807, 2.05) is 17.5 Å². The van der Waals surface area contributed by atoms with Crippen molar-refractivity contribution in [1.29, 1.82) is 0 Å². The molecule has 3 rings (SSSR count). The zero-order valence-electron chi connectivity index (χ0n) is 9.68. The maximum Gasteiger partial charge on any atom is 0.225 e. The van der Waals surface area contributed by atoms with Gasteiger partial charge < -0.3 is 11.1 Å². The standard InChI is InChI=1S/C12H13N3OS2/c13-12-15-11(8-2-1-5-17-8)9(18-12)6-10(16)14-7-3-4-7/h1-2,5,7H,3-4,6H2,(H2,13,15)(H,14,16). The van der Waals surface area contributed by atoms with Gasteiger partial charge in [0.1, 0.15) is 0 Å². The molecule has 1 amide bonds. The van der Waals surface area contributed by atoms with Crippen LogP contribution in [0.5, 0.6) is 0 Å². The number of hydrogen-bond acceptors (Lipinski definition) is 5. The van der Waals surface area contributed by atoms with Crippen molar-refractivity contribution >= 4 is 33.7 Å². The van der Waals surface area contributed by atoms with Crippen LogP contribution in [0, 0.1) is 0 Å². The molecule has 6 heteroatoms. The van der Waals surface area contributed by atoms with E-state index in [1.54, 1.807) is 11.3 Å². The number of aromatic nitrogens is 1. The first kappa shape index (κ1) is 11.7. The van der Waals surface area contributed by atoms with E-state index >= 15 is 0 Å². The van der Waals surface area contributed by atoms with Crippen LogP contribution in [0.4, 0.5) is 5.13 Å². The van der Waals surface area contributed by atoms with E-state index in [4.69, 9.17) is 5.73 Å². The van der Waals surface area contributed by atoms with Crippen molar-refractivity contribution in [2.24, 2.45) is 0 Å². The molecule has 1 aliphatic carbocycles. The second-order valence-corrected chi connectivity index (χ2v) is 6.38. The molecule has 0 aromatic carbocycles. The van der Waals surface area contributed by atoms with E-state index in [1.165, 1.54) is 11.3 Å². The number of thiazole rings is 1. The molecule has 4 nitrogen and oxygen atoms in total. The zero-order chi connectivity index (χ0) is 12.5. The summed E-state index contributed by atoms with van der Waals surface area (Å²) in [6, 6.07) is 4.37. The number of carbonyl (C=O) groups is 1. The summed E-state index contributed by atoms with van der Waals surface area (Å²) < 4.78 is 0. The van der Waals surface area contributed by atoms with Crippen molar-refractivity contribution in [3.8, 4) is 10.6 Å². The normalized spacial score (nSPS) is 14.7. The molecule has 1 fully saturated rings. The molecule has 0 atom stereocenters. The Labute approximate surface area is 113 Å². The minimum Gasteiger partial charge on any atom is -0.375 e. The molecule has 94 valence electrons. The van der Waals surface area contributed by atoms with Crippen LogP contribution in [0.3, 0.4) is 0 Å². The average Bonchev–Trinajstić information content (AvgIpc) is 2.85. The second-order valence-electron chi connectivity index (χ2n) is 4.32. The minimum absolute atomic E-state index is 0.0685. The number of hydrogen-bond donors (Lipinski definition) is 2. The number of nitrogens with one attached hydrogen (secondary N) is 1. The SMILES string of the molecule is Nc1nc(-c2cccs2)c(CC(=O)NC2CC2)s1. The molecule has 18 heavy (non-hydrogen) atoms. The maximum absolute atomic E-state index is 11.8. The summed E-state index contributed by atoms with van der Waals surface area (Å²) in [6.45, 7) is 0. The van der Waals surface area contributed by atoms with E-state index in [0.29, 0.717) is 17.6 Å². The third-order valence-corrected chi connectivity index (χ3v) is 4.49. The van der Waals surface area contributed by atoms with Crippen LogP contribution >= 0.6 is 22.7 Å². The number of nitrogens with zero attached hydrogens (tertiary/aromatic N) is 1. The Morgan fingerprint density at radius 2 is 2.39 bits per heavy atom. The topological polar surface area (TPSA) is 68.0 Å². The van der Waals surface area contributed by atoms with Gasteiger partial charge in [-0.05, 0) is 24.3 Å². The van der Waals surface area contributed by atoms with Gasteiger partial charge in [0.25, 0.3) is 0 Å². The molecule has 2 heterocycles. The number of thiophene rings is 1. The van der Waals surface area contributed by atoms with Gasteiger partial charge in [0.2, 0.25) is 5.91 Å². The summed E-state index contributed by atoms with van der Waals surface area (Å²) in [5.41, 5.74) is 6.61. The number of anilines is 1. The van der Waals surface area contributed by atoms with E-state index in [2.05, 4.69) is 10.3 Å². The Bertz CT molecular complexity index is 558. The highest BCUT2D eigenvalue weighted by Gasteiger charge is 2.24. The number of carbonyl (C=O) groups excluding carboxylic acids is 1. The molecular weight excluding hydrogens is 266 g/mol. The highest BCUT2D eigenvalue weighted by Crippen LogP contribution is 2.33. The lowest BCUT2D eigenvalue weighted by atomic mass is 10.2. The van der Waals surface area contributed by atoms with Crippen molar-refractivity contribution in [1.82, 2.24) is 10.3 Å². The predicted molar refractivity (Wildman–Crippen MR) is 74.7 cm³/mol. The molecule has 0 bridgehead atoms. The van der Waals surface area contributed by atoms with Gasteiger partial charge >= 0.3 is 0 Å². The Hall–Kier alpha value is -1.40. The van der Waals surface area contributed by atoms with Gasteiger partial charge in [0, 0.05) is 10.9 Å². The summed E-state index contributed by atoms with van der Waals surface area (Å²) >= 11 is 3.01. The Morgan fingerprint density at radius 3 is 3.06 bits per heavy atom. The molecule has 2 aromatic rings. The van der Waals surface area contributed by atoms with Crippen molar-refractivity contribution in [2.75, 3.05) is 5.73 Å². The number of amides is 1. The largest absolute Gasteiger partial charge is 0.375 e. The second kappa shape index (κ2) is 4.70. The molecular formula is C12H13N3OS2.